The van der Waals surface area contributed by atoms with Crippen LogP contribution in [0, 0.1) is 0 Å². The van der Waals surface area contributed by atoms with Crippen molar-refractivity contribution in [1.82, 2.24) is 9.55 Å². The second-order valence-corrected chi connectivity index (χ2v) is 13.5. The van der Waals surface area contributed by atoms with E-state index in [1.54, 1.807) is 0 Å². The highest BCUT2D eigenvalue weighted by molar-refractivity contribution is 6.29. The van der Waals surface area contributed by atoms with Crippen LogP contribution in [-0.4, -0.2) is 9.55 Å². The predicted octanol–water partition coefficient (Wildman–Crippen LogP) is 13.4. The summed E-state index contributed by atoms with van der Waals surface area (Å²) in [6.45, 7) is 0. The first kappa shape index (κ1) is 28.8. The van der Waals surface area contributed by atoms with Crippen LogP contribution in [0.2, 0.25) is 0 Å². The molecular weight excluding hydrogens is 633 g/mol. The Morgan fingerprint density at radius 1 is 0.404 bits per heavy atom. The van der Waals surface area contributed by atoms with Gasteiger partial charge in [-0.25, -0.2) is 4.98 Å². The quantitative estimate of drug-likeness (QED) is 0.176. The van der Waals surface area contributed by atoms with Crippen LogP contribution in [0.1, 0.15) is 0 Å². The van der Waals surface area contributed by atoms with Gasteiger partial charge in [0.15, 0.2) is 0 Å². The van der Waals surface area contributed by atoms with Gasteiger partial charge in [-0.3, -0.25) is 0 Å². The van der Waals surface area contributed by atoms with E-state index in [0.717, 1.165) is 66.3 Å². The van der Waals surface area contributed by atoms with Gasteiger partial charge in [0.25, 0.3) is 0 Å². The maximum atomic E-state index is 6.76. The largest absolute Gasteiger partial charge is 0.455 e. The molecule has 11 rings (SSSR count). The smallest absolute Gasteiger partial charge is 0.143 e. The van der Waals surface area contributed by atoms with Crippen molar-refractivity contribution in [3.05, 3.63) is 182 Å². The molecule has 0 saturated carbocycles. The van der Waals surface area contributed by atoms with Gasteiger partial charge in [0.1, 0.15) is 11.2 Å². The third-order valence-electron chi connectivity index (χ3n) is 10.6. The Labute approximate surface area is 299 Å². The molecular formula is C49H30N2O. The van der Waals surface area contributed by atoms with Crippen molar-refractivity contribution in [2.45, 2.75) is 0 Å². The van der Waals surface area contributed by atoms with Gasteiger partial charge >= 0.3 is 0 Å². The summed E-state index contributed by atoms with van der Waals surface area (Å²) in [5.74, 6) is 0. The molecule has 0 spiro atoms. The molecule has 0 saturated heterocycles. The summed E-state index contributed by atoms with van der Waals surface area (Å²) in [7, 11) is 0. The lowest BCUT2D eigenvalue weighted by atomic mass is 9.95. The fraction of sp³-hybridized carbons (Fsp3) is 0. The molecule has 0 N–H and O–H groups in total. The summed E-state index contributed by atoms with van der Waals surface area (Å²) in [5, 5.41) is 8.18. The van der Waals surface area contributed by atoms with Crippen LogP contribution in [0.15, 0.2) is 186 Å². The number of pyridine rings is 1. The molecule has 0 aliphatic heterocycles. The molecule has 3 heteroatoms. The van der Waals surface area contributed by atoms with Crippen LogP contribution in [-0.2, 0) is 0 Å². The Bertz CT molecular complexity index is 3150. The molecule has 11 aromatic rings. The fourth-order valence-corrected chi connectivity index (χ4v) is 8.22. The van der Waals surface area contributed by atoms with Crippen LogP contribution in [0.3, 0.4) is 0 Å². The normalized spacial score (nSPS) is 11.8. The van der Waals surface area contributed by atoms with Crippen molar-refractivity contribution in [1.29, 1.82) is 0 Å². The molecule has 0 atom stereocenters. The molecule has 3 nitrogen and oxygen atoms in total. The lowest BCUT2D eigenvalue weighted by Gasteiger charge is -2.11. The maximum Gasteiger partial charge on any atom is 0.143 e. The number of furan rings is 1. The summed E-state index contributed by atoms with van der Waals surface area (Å²) in [5.41, 5.74) is 13.0. The predicted molar refractivity (Wildman–Crippen MR) is 217 cm³/mol. The first-order chi connectivity index (χ1) is 25.8. The molecule has 242 valence electrons. The maximum absolute atomic E-state index is 6.76. The van der Waals surface area contributed by atoms with E-state index in [4.69, 9.17) is 9.40 Å². The van der Waals surface area contributed by atoms with Crippen molar-refractivity contribution in [2.75, 3.05) is 0 Å². The van der Waals surface area contributed by atoms with Crippen LogP contribution >= 0.6 is 0 Å². The van der Waals surface area contributed by atoms with E-state index in [1.165, 1.54) is 38.3 Å². The SMILES string of the molecule is c1ccc(-c2nc3ccccc3c3c2ccc2oc4c(-c5ccc(-c6ccc7c8ccccc8n(-c8ccccc8)c7c6)cc5)cccc4c23)cc1. The van der Waals surface area contributed by atoms with Crippen molar-refractivity contribution in [3.8, 4) is 39.2 Å². The number of fused-ring (bicyclic) bond motifs is 10. The molecule has 0 bridgehead atoms. The van der Waals surface area contributed by atoms with Crippen LogP contribution in [0.4, 0.5) is 0 Å². The molecule has 3 heterocycles. The topological polar surface area (TPSA) is 31.0 Å². The highest BCUT2D eigenvalue weighted by Gasteiger charge is 2.19. The van der Waals surface area contributed by atoms with E-state index in [0.29, 0.717) is 0 Å². The summed E-state index contributed by atoms with van der Waals surface area (Å²) < 4.78 is 9.14. The van der Waals surface area contributed by atoms with E-state index < -0.39 is 0 Å². The van der Waals surface area contributed by atoms with Crippen LogP contribution < -0.4 is 0 Å². The second-order valence-electron chi connectivity index (χ2n) is 13.5. The molecule has 0 amide bonds. The Balaban J connectivity index is 1.06. The summed E-state index contributed by atoms with van der Waals surface area (Å²) in [6.07, 6.45) is 0. The van der Waals surface area contributed by atoms with Crippen molar-refractivity contribution >= 4 is 65.4 Å². The van der Waals surface area contributed by atoms with Crippen LogP contribution in [0.25, 0.3) is 105 Å². The first-order valence-electron chi connectivity index (χ1n) is 17.7. The van der Waals surface area contributed by atoms with Gasteiger partial charge < -0.3 is 8.98 Å². The van der Waals surface area contributed by atoms with E-state index in [9.17, 15) is 0 Å². The van der Waals surface area contributed by atoms with E-state index in [2.05, 4.69) is 180 Å². The minimum absolute atomic E-state index is 0.879. The van der Waals surface area contributed by atoms with E-state index in [-0.39, 0.29) is 0 Å². The average molecular weight is 663 g/mol. The number of hydrogen-bond acceptors (Lipinski definition) is 2. The monoisotopic (exact) mass is 662 g/mol. The van der Waals surface area contributed by atoms with Gasteiger partial charge in [-0.1, -0.05) is 140 Å². The zero-order chi connectivity index (χ0) is 34.2. The Kier molecular flexibility index (Phi) is 6.25. The molecule has 0 radical (unpaired) electrons. The highest BCUT2D eigenvalue weighted by Crippen LogP contribution is 2.44. The highest BCUT2D eigenvalue weighted by atomic mass is 16.3. The van der Waals surface area contributed by atoms with Crippen molar-refractivity contribution < 1.29 is 4.42 Å². The Hall–Kier alpha value is -6.97. The molecule has 3 aromatic heterocycles. The van der Waals surface area contributed by atoms with E-state index >= 15 is 0 Å². The third kappa shape index (κ3) is 4.30. The van der Waals surface area contributed by atoms with E-state index in [1.807, 2.05) is 6.07 Å². The minimum atomic E-state index is 0.879. The van der Waals surface area contributed by atoms with Gasteiger partial charge in [0, 0.05) is 54.5 Å². The lowest BCUT2D eigenvalue weighted by molar-refractivity contribution is 0.670. The average Bonchev–Trinajstić information content (AvgIpc) is 3.77. The minimum Gasteiger partial charge on any atom is -0.455 e. The molecule has 0 fully saturated rings. The lowest BCUT2D eigenvalue weighted by Crippen LogP contribution is -1.93. The number of nitrogens with zero attached hydrogens (tertiary/aromatic N) is 2. The number of para-hydroxylation sites is 4. The number of aromatic nitrogens is 2. The molecule has 0 unspecified atom stereocenters. The van der Waals surface area contributed by atoms with Gasteiger partial charge in [0.05, 0.1) is 22.2 Å². The van der Waals surface area contributed by atoms with Gasteiger partial charge in [0.2, 0.25) is 0 Å². The molecule has 0 aliphatic carbocycles. The summed E-state index contributed by atoms with van der Waals surface area (Å²) in [6, 6.07) is 64.7. The van der Waals surface area contributed by atoms with Gasteiger partial charge in [-0.05, 0) is 59.2 Å². The van der Waals surface area contributed by atoms with Crippen LogP contribution in [0.5, 0.6) is 0 Å². The zero-order valence-electron chi connectivity index (χ0n) is 28.1. The van der Waals surface area contributed by atoms with Gasteiger partial charge in [-0.15, -0.1) is 0 Å². The third-order valence-corrected chi connectivity index (χ3v) is 10.6. The van der Waals surface area contributed by atoms with Gasteiger partial charge in [-0.2, -0.15) is 0 Å². The molecule has 8 aromatic carbocycles. The number of rotatable bonds is 4. The summed E-state index contributed by atoms with van der Waals surface area (Å²) >= 11 is 0. The standard InChI is InChI=1S/C49H30N2O/c1-3-12-33(13-4-1)48-40-28-29-45-47(46(40)39-17-7-9-20-42(39)50-48)41-19-11-18-36(49(41)52-45)32-24-22-31(23-25-32)34-26-27-38-37-16-8-10-21-43(37)51(44(38)30-34)35-14-5-2-6-15-35/h1-30H. The summed E-state index contributed by atoms with van der Waals surface area (Å²) in [4.78, 5) is 5.16. The second kappa shape index (κ2) is 11.3. The molecule has 52 heavy (non-hydrogen) atoms. The number of benzene rings is 8. The Morgan fingerprint density at radius 2 is 1.06 bits per heavy atom. The Morgan fingerprint density at radius 3 is 1.90 bits per heavy atom. The van der Waals surface area contributed by atoms with Crippen molar-refractivity contribution in [3.63, 3.8) is 0 Å². The van der Waals surface area contributed by atoms with Crippen molar-refractivity contribution in [2.24, 2.45) is 0 Å². The zero-order valence-corrected chi connectivity index (χ0v) is 28.1. The first-order valence-corrected chi connectivity index (χ1v) is 17.7. The number of hydrogen-bond donors (Lipinski definition) is 0. The fourth-order valence-electron chi connectivity index (χ4n) is 8.22. The molecule has 0 aliphatic rings.